The van der Waals surface area contributed by atoms with Crippen LogP contribution in [0.25, 0.3) is 11.3 Å². The van der Waals surface area contributed by atoms with Gasteiger partial charge in [-0.25, -0.2) is 4.99 Å². The molecule has 1 heterocycles. The molecule has 122 valence electrons. The molecule has 0 amide bonds. The van der Waals surface area contributed by atoms with Gasteiger partial charge in [-0.15, -0.1) is 0 Å². The molecule has 23 heavy (non-hydrogen) atoms. The number of hydrogen-bond donors (Lipinski definition) is 2. The third-order valence-electron chi connectivity index (χ3n) is 3.65. The van der Waals surface area contributed by atoms with Gasteiger partial charge in [-0.2, -0.15) is 0 Å². The lowest BCUT2D eigenvalue weighted by molar-refractivity contribution is 0.624. The van der Waals surface area contributed by atoms with Gasteiger partial charge in [-0.3, -0.25) is 4.98 Å². The molecule has 1 atom stereocenters. The van der Waals surface area contributed by atoms with Crippen LogP contribution in [-0.4, -0.2) is 23.5 Å². The number of nitrogens with zero attached hydrogens (tertiary/aromatic N) is 2. The first kappa shape index (κ1) is 17.0. The van der Waals surface area contributed by atoms with Crippen LogP contribution in [0.4, 0.5) is 0 Å². The van der Waals surface area contributed by atoms with Crippen molar-refractivity contribution in [3.8, 4) is 11.3 Å². The zero-order chi connectivity index (χ0) is 16.5. The average molecular weight is 310 g/mol. The fourth-order valence-corrected chi connectivity index (χ4v) is 2.19. The summed E-state index contributed by atoms with van der Waals surface area (Å²) >= 11 is 0. The molecular formula is C19H26N4. The summed E-state index contributed by atoms with van der Waals surface area (Å²) in [5, 5.41) is 6.70. The highest BCUT2D eigenvalue weighted by atomic mass is 15.2. The van der Waals surface area contributed by atoms with Crippen molar-refractivity contribution in [1.82, 2.24) is 15.6 Å². The summed E-state index contributed by atoms with van der Waals surface area (Å²) in [6.45, 7) is 7.91. The van der Waals surface area contributed by atoms with Gasteiger partial charge in [0.15, 0.2) is 5.96 Å². The summed E-state index contributed by atoms with van der Waals surface area (Å²) < 4.78 is 0. The number of guanidine groups is 1. The first-order chi connectivity index (χ1) is 11.2. The first-order valence-corrected chi connectivity index (χ1v) is 8.28. The van der Waals surface area contributed by atoms with Gasteiger partial charge >= 0.3 is 0 Å². The van der Waals surface area contributed by atoms with Crippen molar-refractivity contribution in [1.29, 1.82) is 0 Å². The Labute approximate surface area is 139 Å². The Balaban J connectivity index is 2.11. The number of hydrogen-bond acceptors (Lipinski definition) is 2. The minimum atomic E-state index is 0.410. The highest BCUT2D eigenvalue weighted by molar-refractivity contribution is 5.80. The molecule has 1 unspecified atom stereocenters. The molecular weight excluding hydrogens is 284 g/mol. The monoisotopic (exact) mass is 310 g/mol. The zero-order valence-electron chi connectivity index (χ0n) is 14.2. The average Bonchev–Trinajstić information content (AvgIpc) is 2.61. The molecule has 0 aliphatic rings. The molecule has 0 radical (unpaired) electrons. The molecule has 0 bridgehead atoms. The van der Waals surface area contributed by atoms with Crippen LogP contribution in [0.2, 0.25) is 0 Å². The summed E-state index contributed by atoms with van der Waals surface area (Å²) in [6.07, 6.45) is 2.89. The summed E-state index contributed by atoms with van der Waals surface area (Å²) in [7, 11) is 0. The van der Waals surface area contributed by atoms with Gasteiger partial charge in [-0.05, 0) is 44.0 Å². The van der Waals surface area contributed by atoms with E-state index in [0.29, 0.717) is 12.6 Å². The fourth-order valence-electron chi connectivity index (χ4n) is 2.19. The predicted octanol–water partition coefficient (Wildman–Crippen LogP) is 3.60. The summed E-state index contributed by atoms with van der Waals surface area (Å²) in [4.78, 5) is 9.09. The topological polar surface area (TPSA) is 49.3 Å². The molecule has 2 aromatic rings. The minimum Gasteiger partial charge on any atom is -0.357 e. The van der Waals surface area contributed by atoms with Gasteiger partial charge in [0.05, 0.1) is 12.2 Å². The van der Waals surface area contributed by atoms with Gasteiger partial charge in [-0.1, -0.05) is 31.2 Å². The van der Waals surface area contributed by atoms with Crippen LogP contribution in [0.3, 0.4) is 0 Å². The molecule has 2 rings (SSSR count). The second kappa shape index (κ2) is 8.93. The van der Waals surface area contributed by atoms with Crippen LogP contribution in [0, 0.1) is 0 Å². The Morgan fingerprint density at radius 3 is 2.74 bits per heavy atom. The second-order valence-corrected chi connectivity index (χ2v) is 5.56. The normalized spacial score (nSPS) is 12.7. The number of pyridine rings is 1. The molecule has 1 aromatic heterocycles. The van der Waals surface area contributed by atoms with Crippen molar-refractivity contribution >= 4 is 5.96 Å². The third-order valence-corrected chi connectivity index (χ3v) is 3.65. The molecule has 4 heteroatoms. The minimum absolute atomic E-state index is 0.410. The molecule has 0 fully saturated rings. The molecule has 0 saturated carbocycles. The molecule has 2 N–H and O–H groups in total. The third kappa shape index (κ3) is 5.40. The lowest BCUT2D eigenvalue weighted by Gasteiger charge is -2.16. The smallest absolute Gasteiger partial charge is 0.191 e. The van der Waals surface area contributed by atoms with Crippen LogP contribution < -0.4 is 10.6 Å². The first-order valence-electron chi connectivity index (χ1n) is 8.28. The zero-order valence-corrected chi connectivity index (χ0v) is 14.2. The van der Waals surface area contributed by atoms with E-state index in [1.165, 1.54) is 5.56 Å². The van der Waals surface area contributed by atoms with E-state index in [1.807, 2.05) is 24.4 Å². The van der Waals surface area contributed by atoms with Gasteiger partial charge in [0.25, 0.3) is 0 Å². The van der Waals surface area contributed by atoms with Crippen LogP contribution >= 0.6 is 0 Å². The molecule has 1 aromatic carbocycles. The highest BCUT2D eigenvalue weighted by Gasteiger charge is 2.03. The molecule has 0 aliphatic heterocycles. The van der Waals surface area contributed by atoms with Crippen molar-refractivity contribution in [2.45, 2.75) is 39.8 Å². The number of aromatic nitrogens is 1. The van der Waals surface area contributed by atoms with Crippen LogP contribution in [-0.2, 0) is 6.54 Å². The van der Waals surface area contributed by atoms with Crippen molar-refractivity contribution in [2.24, 2.45) is 4.99 Å². The Morgan fingerprint density at radius 1 is 1.17 bits per heavy atom. The van der Waals surface area contributed by atoms with Crippen LogP contribution in [0.15, 0.2) is 53.7 Å². The van der Waals surface area contributed by atoms with E-state index < -0.39 is 0 Å². The largest absolute Gasteiger partial charge is 0.357 e. The number of rotatable bonds is 6. The Kier molecular flexibility index (Phi) is 6.60. The summed E-state index contributed by atoms with van der Waals surface area (Å²) in [6, 6.07) is 14.8. The number of nitrogens with one attached hydrogen (secondary N) is 2. The van der Waals surface area contributed by atoms with Crippen molar-refractivity contribution in [3.63, 3.8) is 0 Å². The Bertz CT molecular complexity index is 622. The Hall–Kier alpha value is -2.36. The lowest BCUT2D eigenvalue weighted by Crippen LogP contribution is -2.41. The molecule has 0 aliphatic carbocycles. The molecule has 0 spiro atoms. The lowest BCUT2D eigenvalue weighted by atomic mass is 10.1. The van der Waals surface area contributed by atoms with Gasteiger partial charge in [0, 0.05) is 24.3 Å². The summed E-state index contributed by atoms with van der Waals surface area (Å²) in [5.41, 5.74) is 3.29. The van der Waals surface area contributed by atoms with E-state index in [9.17, 15) is 0 Å². The maximum atomic E-state index is 4.68. The highest BCUT2D eigenvalue weighted by Crippen LogP contribution is 2.18. The van der Waals surface area contributed by atoms with Crippen LogP contribution in [0.5, 0.6) is 0 Å². The predicted molar refractivity (Wildman–Crippen MR) is 97.4 cm³/mol. The fraction of sp³-hybridized carbons (Fsp3) is 0.368. The van der Waals surface area contributed by atoms with Crippen LogP contribution in [0.1, 0.15) is 32.8 Å². The van der Waals surface area contributed by atoms with Gasteiger partial charge < -0.3 is 10.6 Å². The van der Waals surface area contributed by atoms with Crippen molar-refractivity contribution < 1.29 is 0 Å². The Morgan fingerprint density at radius 2 is 2.04 bits per heavy atom. The van der Waals surface area contributed by atoms with E-state index in [0.717, 1.165) is 30.2 Å². The quantitative estimate of drug-likeness (QED) is 0.633. The van der Waals surface area contributed by atoms with Gasteiger partial charge in [0.1, 0.15) is 0 Å². The number of aliphatic imine (C=N–C) groups is 1. The SMILES string of the molecule is CCNC(=NCc1cccc(-c2ccccn2)c1)NC(C)CC. The summed E-state index contributed by atoms with van der Waals surface area (Å²) in [5.74, 6) is 0.866. The standard InChI is InChI=1S/C19H26N4/c1-4-15(3)23-19(20-5-2)22-14-16-9-8-10-17(13-16)18-11-6-7-12-21-18/h6-13,15H,4-5,14H2,1-3H3,(H2,20,22,23). The number of benzene rings is 1. The van der Waals surface area contributed by atoms with E-state index in [2.05, 4.69) is 65.6 Å². The van der Waals surface area contributed by atoms with Crippen molar-refractivity contribution in [2.75, 3.05) is 6.54 Å². The maximum Gasteiger partial charge on any atom is 0.191 e. The van der Waals surface area contributed by atoms with E-state index in [4.69, 9.17) is 0 Å². The van der Waals surface area contributed by atoms with E-state index in [-0.39, 0.29) is 0 Å². The van der Waals surface area contributed by atoms with E-state index in [1.54, 1.807) is 0 Å². The molecule has 4 nitrogen and oxygen atoms in total. The van der Waals surface area contributed by atoms with E-state index >= 15 is 0 Å². The van der Waals surface area contributed by atoms with Gasteiger partial charge in [0.2, 0.25) is 0 Å². The van der Waals surface area contributed by atoms with Crippen molar-refractivity contribution in [3.05, 3.63) is 54.2 Å². The molecule has 0 saturated heterocycles. The second-order valence-electron chi connectivity index (χ2n) is 5.56. The maximum absolute atomic E-state index is 4.68.